The molecule has 1 aromatic heterocycles. The van der Waals surface area contributed by atoms with Crippen molar-refractivity contribution in [2.75, 3.05) is 11.4 Å². The fourth-order valence-corrected chi connectivity index (χ4v) is 4.56. The third-order valence-corrected chi connectivity index (χ3v) is 5.69. The summed E-state index contributed by atoms with van der Waals surface area (Å²) in [5.74, 6) is 0.461. The number of fused-ring (bicyclic) bond motifs is 1. The van der Waals surface area contributed by atoms with Gasteiger partial charge in [0.25, 0.3) is 0 Å². The van der Waals surface area contributed by atoms with Gasteiger partial charge in [-0.25, -0.2) is 4.98 Å². The molecule has 0 unspecified atom stereocenters. The highest BCUT2D eigenvalue weighted by Gasteiger charge is 2.32. The Balaban J connectivity index is 1.75. The van der Waals surface area contributed by atoms with E-state index in [2.05, 4.69) is 20.9 Å². The van der Waals surface area contributed by atoms with Crippen molar-refractivity contribution in [2.24, 2.45) is 0 Å². The number of hydrogen-bond acceptors (Lipinski definition) is 4. The number of nitrogens with zero attached hydrogens (tertiary/aromatic N) is 2. The number of aromatic nitrogens is 1. The molecule has 0 saturated heterocycles. The number of aliphatic hydroxyl groups is 1. The van der Waals surface area contributed by atoms with Crippen molar-refractivity contribution in [3.05, 3.63) is 63.3 Å². The molecular formula is C18H14BrN3OS. The summed E-state index contributed by atoms with van der Waals surface area (Å²) in [6, 6.07) is 13.8. The molecule has 0 aliphatic carbocycles. The second-order valence-electron chi connectivity index (χ2n) is 5.70. The van der Waals surface area contributed by atoms with Gasteiger partial charge in [0, 0.05) is 4.47 Å². The predicted molar refractivity (Wildman–Crippen MR) is 103 cm³/mol. The molecule has 0 amide bonds. The SMILES string of the molecule is Cc1ccc(N2CC(O)=C(c3nc4ccccc4s3)C2=N)c(Br)c1. The molecule has 0 atom stereocenters. The van der Waals surface area contributed by atoms with E-state index >= 15 is 0 Å². The summed E-state index contributed by atoms with van der Waals surface area (Å²) in [7, 11) is 0. The molecule has 2 N–H and O–H groups in total. The van der Waals surface area contributed by atoms with E-state index in [1.165, 1.54) is 11.3 Å². The van der Waals surface area contributed by atoms with Crippen LogP contribution in [0.4, 0.5) is 5.69 Å². The zero-order chi connectivity index (χ0) is 16.8. The number of para-hydroxylation sites is 1. The Morgan fingerprint density at radius 3 is 2.79 bits per heavy atom. The standard InChI is InChI=1S/C18H14BrN3OS/c1-10-6-7-13(11(19)8-10)22-9-14(23)16(17(22)20)18-21-12-4-2-3-5-15(12)24-18/h2-8,20,23H,9H2,1H3. The maximum absolute atomic E-state index is 10.5. The number of aryl methyl sites for hydroxylation is 1. The van der Waals surface area contributed by atoms with E-state index in [0.717, 1.165) is 25.9 Å². The van der Waals surface area contributed by atoms with Gasteiger partial charge in [0.05, 0.1) is 28.0 Å². The van der Waals surface area contributed by atoms with Crippen LogP contribution in [0.5, 0.6) is 0 Å². The zero-order valence-electron chi connectivity index (χ0n) is 12.9. The summed E-state index contributed by atoms with van der Waals surface area (Å²) in [4.78, 5) is 6.37. The molecule has 0 fully saturated rings. The molecule has 0 spiro atoms. The quantitative estimate of drug-likeness (QED) is 0.627. The summed E-state index contributed by atoms with van der Waals surface area (Å²) in [5.41, 5.74) is 3.41. The number of thiazole rings is 1. The topological polar surface area (TPSA) is 60.2 Å². The summed E-state index contributed by atoms with van der Waals surface area (Å²) in [5, 5.41) is 19.7. The second kappa shape index (κ2) is 5.72. The average Bonchev–Trinajstić information content (AvgIpc) is 3.08. The van der Waals surface area contributed by atoms with Crippen LogP contribution in [0.2, 0.25) is 0 Å². The number of halogens is 1. The van der Waals surface area contributed by atoms with Crippen LogP contribution in [0.1, 0.15) is 10.6 Å². The lowest BCUT2D eigenvalue weighted by Crippen LogP contribution is -2.26. The Morgan fingerprint density at radius 2 is 2.04 bits per heavy atom. The number of nitrogens with one attached hydrogen (secondary N) is 1. The molecule has 6 heteroatoms. The van der Waals surface area contributed by atoms with Gasteiger partial charge >= 0.3 is 0 Å². The fraction of sp³-hybridized carbons (Fsp3) is 0.111. The number of amidine groups is 1. The summed E-state index contributed by atoms with van der Waals surface area (Å²) >= 11 is 5.06. The van der Waals surface area contributed by atoms with Crippen LogP contribution in [-0.4, -0.2) is 22.5 Å². The molecule has 120 valence electrons. The Bertz CT molecular complexity index is 975. The lowest BCUT2D eigenvalue weighted by atomic mass is 10.2. The first-order valence-electron chi connectivity index (χ1n) is 7.45. The Kier molecular flexibility index (Phi) is 3.66. The number of benzene rings is 2. The first kappa shape index (κ1) is 15.4. The van der Waals surface area contributed by atoms with Crippen LogP contribution in [0.3, 0.4) is 0 Å². The van der Waals surface area contributed by atoms with E-state index < -0.39 is 0 Å². The Hall–Kier alpha value is -2.18. The van der Waals surface area contributed by atoms with Gasteiger partial charge in [0.1, 0.15) is 16.6 Å². The van der Waals surface area contributed by atoms with E-state index in [-0.39, 0.29) is 18.1 Å². The second-order valence-corrected chi connectivity index (χ2v) is 7.58. The van der Waals surface area contributed by atoms with Crippen LogP contribution in [0.25, 0.3) is 15.8 Å². The summed E-state index contributed by atoms with van der Waals surface area (Å²) in [6.45, 7) is 2.30. The van der Waals surface area contributed by atoms with Crippen molar-refractivity contribution in [3.63, 3.8) is 0 Å². The van der Waals surface area contributed by atoms with Gasteiger partial charge in [-0.15, -0.1) is 11.3 Å². The van der Waals surface area contributed by atoms with Crippen LogP contribution >= 0.6 is 27.3 Å². The largest absolute Gasteiger partial charge is 0.510 e. The lowest BCUT2D eigenvalue weighted by Gasteiger charge is -2.20. The van der Waals surface area contributed by atoms with Gasteiger partial charge in [-0.1, -0.05) is 18.2 Å². The van der Waals surface area contributed by atoms with Gasteiger partial charge in [0.15, 0.2) is 0 Å². The third kappa shape index (κ3) is 2.42. The number of rotatable bonds is 2. The van der Waals surface area contributed by atoms with Gasteiger partial charge in [-0.2, -0.15) is 0 Å². The maximum atomic E-state index is 10.5. The molecule has 1 aliphatic heterocycles. The van der Waals surface area contributed by atoms with Crippen molar-refractivity contribution in [1.82, 2.24) is 4.98 Å². The first-order valence-corrected chi connectivity index (χ1v) is 9.06. The molecule has 3 aromatic rings. The van der Waals surface area contributed by atoms with Crippen molar-refractivity contribution < 1.29 is 5.11 Å². The predicted octanol–water partition coefficient (Wildman–Crippen LogP) is 5.13. The Labute approximate surface area is 151 Å². The monoisotopic (exact) mass is 399 g/mol. The van der Waals surface area contributed by atoms with Crippen LogP contribution in [0, 0.1) is 12.3 Å². The van der Waals surface area contributed by atoms with Crippen LogP contribution in [0.15, 0.2) is 52.7 Å². The molecule has 4 nitrogen and oxygen atoms in total. The molecule has 0 bridgehead atoms. The van der Waals surface area contributed by atoms with Crippen molar-refractivity contribution in [3.8, 4) is 0 Å². The van der Waals surface area contributed by atoms with E-state index in [0.29, 0.717) is 10.6 Å². The van der Waals surface area contributed by atoms with Crippen molar-refractivity contribution in [2.45, 2.75) is 6.92 Å². The average molecular weight is 400 g/mol. The maximum Gasteiger partial charge on any atom is 0.139 e. The molecule has 0 radical (unpaired) electrons. The molecular weight excluding hydrogens is 386 g/mol. The lowest BCUT2D eigenvalue weighted by molar-refractivity contribution is 0.411. The van der Waals surface area contributed by atoms with Gasteiger partial charge in [-0.05, 0) is 52.7 Å². The highest BCUT2D eigenvalue weighted by atomic mass is 79.9. The molecule has 2 aromatic carbocycles. The molecule has 1 aliphatic rings. The van der Waals surface area contributed by atoms with E-state index in [1.807, 2.05) is 49.4 Å². The van der Waals surface area contributed by atoms with Gasteiger partial charge in [0.2, 0.25) is 0 Å². The number of anilines is 1. The van der Waals surface area contributed by atoms with Crippen LogP contribution < -0.4 is 4.90 Å². The minimum absolute atomic E-state index is 0.187. The van der Waals surface area contributed by atoms with E-state index in [1.54, 1.807) is 4.90 Å². The normalized spacial score (nSPS) is 14.9. The van der Waals surface area contributed by atoms with E-state index in [4.69, 9.17) is 5.41 Å². The number of hydrogen-bond donors (Lipinski definition) is 2. The minimum atomic E-state index is 0.187. The first-order chi connectivity index (χ1) is 11.5. The summed E-state index contributed by atoms with van der Waals surface area (Å²) < 4.78 is 1.96. The summed E-state index contributed by atoms with van der Waals surface area (Å²) in [6.07, 6.45) is 0. The minimum Gasteiger partial charge on any atom is -0.510 e. The van der Waals surface area contributed by atoms with Crippen molar-refractivity contribution in [1.29, 1.82) is 5.41 Å². The molecule has 2 heterocycles. The highest BCUT2D eigenvalue weighted by molar-refractivity contribution is 9.10. The number of aliphatic hydroxyl groups excluding tert-OH is 1. The fourth-order valence-electron chi connectivity index (χ4n) is 2.82. The molecule has 4 rings (SSSR count). The van der Waals surface area contributed by atoms with Gasteiger partial charge < -0.3 is 10.0 Å². The molecule has 0 saturated carbocycles. The van der Waals surface area contributed by atoms with Crippen molar-refractivity contribution >= 4 is 54.6 Å². The zero-order valence-corrected chi connectivity index (χ0v) is 15.3. The van der Waals surface area contributed by atoms with E-state index in [9.17, 15) is 5.11 Å². The smallest absolute Gasteiger partial charge is 0.139 e. The molecule has 24 heavy (non-hydrogen) atoms. The van der Waals surface area contributed by atoms with Crippen LogP contribution in [-0.2, 0) is 0 Å². The van der Waals surface area contributed by atoms with Gasteiger partial charge in [-0.3, -0.25) is 5.41 Å². The highest BCUT2D eigenvalue weighted by Crippen LogP contribution is 2.37. The Morgan fingerprint density at radius 1 is 1.25 bits per heavy atom. The third-order valence-electron chi connectivity index (χ3n) is 4.00.